The number of benzene rings is 1. The summed E-state index contributed by atoms with van der Waals surface area (Å²) in [5.41, 5.74) is 2.51. The molecule has 2 atom stereocenters. The molecule has 0 aromatic heterocycles. The normalized spacial score (nSPS) is 21.3. The number of rotatable bonds is 3. The number of carbonyl (C=O) groups excluding carboxylic acids is 1. The van der Waals surface area contributed by atoms with Crippen molar-refractivity contribution in [3.05, 3.63) is 29.8 Å². The quantitative estimate of drug-likeness (QED) is 0.863. The van der Waals surface area contributed by atoms with Gasteiger partial charge >= 0.3 is 0 Å². The van der Waals surface area contributed by atoms with Crippen LogP contribution in [0.1, 0.15) is 31.7 Å². The average molecular weight is 388 g/mol. The van der Waals surface area contributed by atoms with Crippen LogP contribution >= 0.6 is 24.8 Å². The van der Waals surface area contributed by atoms with E-state index >= 15 is 0 Å². The molecule has 6 heteroatoms. The monoisotopic (exact) mass is 387 g/mol. The lowest BCUT2D eigenvalue weighted by Gasteiger charge is -2.30. The molecule has 0 saturated carbocycles. The molecular weight excluding hydrogens is 357 g/mol. The number of carbonyl (C=O) groups is 1. The Balaban J connectivity index is 0.00000156. The predicted octanol–water partition coefficient (Wildman–Crippen LogP) is 3.33. The SMILES string of the molecule is CC(CC(=O)N1CCN(C)c2ccccc2C1)C1CCCNC1.Cl.Cl. The highest BCUT2D eigenvalue weighted by atomic mass is 35.5. The summed E-state index contributed by atoms with van der Waals surface area (Å²) in [6.07, 6.45) is 3.18. The number of nitrogens with one attached hydrogen (secondary N) is 1. The summed E-state index contributed by atoms with van der Waals surface area (Å²) in [4.78, 5) is 17.1. The zero-order valence-corrected chi connectivity index (χ0v) is 16.9. The first-order valence-corrected chi connectivity index (χ1v) is 8.92. The summed E-state index contributed by atoms with van der Waals surface area (Å²) in [6.45, 7) is 6.91. The van der Waals surface area contributed by atoms with Crippen LogP contribution in [0.15, 0.2) is 24.3 Å². The maximum atomic E-state index is 12.8. The number of hydrogen-bond acceptors (Lipinski definition) is 3. The third-order valence-corrected chi connectivity index (χ3v) is 5.46. The van der Waals surface area contributed by atoms with E-state index in [1.165, 1.54) is 24.1 Å². The first-order chi connectivity index (χ1) is 11.1. The molecule has 2 heterocycles. The number of piperidine rings is 1. The van der Waals surface area contributed by atoms with E-state index in [1.807, 2.05) is 0 Å². The Morgan fingerprint density at radius 2 is 2.04 bits per heavy atom. The predicted molar refractivity (Wildman–Crippen MR) is 109 cm³/mol. The van der Waals surface area contributed by atoms with Gasteiger partial charge in [-0.3, -0.25) is 4.79 Å². The second-order valence-electron chi connectivity index (χ2n) is 7.15. The Morgan fingerprint density at radius 1 is 1.28 bits per heavy atom. The van der Waals surface area contributed by atoms with Crippen LogP contribution in [0.25, 0.3) is 0 Å². The summed E-state index contributed by atoms with van der Waals surface area (Å²) in [5.74, 6) is 1.43. The molecule has 1 aromatic carbocycles. The maximum absolute atomic E-state index is 12.8. The van der Waals surface area contributed by atoms with E-state index < -0.39 is 0 Å². The van der Waals surface area contributed by atoms with Gasteiger partial charge in [-0.1, -0.05) is 25.1 Å². The number of likely N-dealkylation sites (N-methyl/N-ethyl adjacent to an activating group) is 1. The molecule has 3 rings (SSSR count). The molecule has 0 radical (unpaired) electrons. The maximum Gasteiger partial charge on any atom is 0.223 e. The molecule has 2 unspecified atom stereocenters. The van der Waals surface area contributed by atoms with Crippen molar-refractivity contribution < 1.29 is 4.79 Å². The van der Waals surface area contributed by atoms with Crippen molar-refractivity contribution in [3.63, 3.8) is 0 Å². The van der Waals surface area contributed by atoms with Gasteiger partial charge in [-0.15, -0.1) is 24.8 Å². The smallest absolute Gasteiger partial charge is 0.223 e. The van der Waals surface area contributed by atoms with Crippen molar-refractivity contribution >= 4 is 36.4 Å². The number of halogens is 2. The van der Waals surface area contributed by atoms with Gasteiger partial charge in [0.15, 0.2) is 0 Å². The lowest BCUT2D eigenvalue weighted by Crippen LogP contribution is -2.38. The van der Waals surface area contributed by atoms with E-state index in [0.29, 0.717) is 24.2 Å². The number of nitrogens with zero attached hydrogens (tertiary/aromatic N) is 2. The van der Waals surface area contributed by atoms with Gasteiger partial charge in [0.1, 0.15) is 0 Å². The van der Waals surface area contributed by atoms with Gasteiger partial charge < -0.3 is 15.1 Å². The van der Waals surface area contributed by atoms with Gasteiger partial charge in [0, 0.05) is 38.8 Å². The van der Waals surface area contributed by atoms with Gasteiger partial charge in [0.2, 0.25) is 5.91 Å². The number of anilines is 1. The van der Waals surface area contributed by atoms with Crippen LogP contribution in [0.3, 0.4) is 0 Å². The lowest BCUT2D eigenvalue weighted by molar-refractivity contribution is -0.133. The molecule has 0 spiro atoms. The van der Waals surface area contributed by atoms with E-state index in [1.54, 1.807) is 0 Å². The van der Waals surface area contributed by atoms with E-state index in [4.69, 9.17) is 0 Å². The zero-order chi connectivity index (χ0) is 16.2. The van der Waals surface area contributed by atoms with E-state index in [-0.39, 0.29) is 24.8 Å². The third kappa shape index (κ3) is 5.50. The fourth-order valence-corrected chi connectivity index (χ4v) is 3.84. The minimum Gasteiger partial charge on any atom is -0.373 e. The Labute approximate surface area is 164 Å². The number of hydrogen-bond donors (Lipinski definition) is 1. The van der Waals surface area contributed by atoms with Gasteiger partial charge in [-0.05, 0) is 49.4 Å². The van der Waals surface area contributed by atoms with Gasteiger partial charge in [0.25, 0.3) is 0 Å². The summed E-state index contributed by atoms with van der Waals surface area (Å²) in [5, 5.41) is 3.47. The first kappa shape index (κ1) is 22.1. The summed E-state index contributed by atoms with van der Waals surface area (Å²) in [7, 11) is 2.11. The fraction of sp³-hybridized carbons (Fsp3) is 0.632. The summed E-state index contributed by atoms with van der Waals surface area (Å²) < 4.78 is 0. The molecule has 1 amide bonds. The lowest BCUT2D eigenvalue weighted by atomic mass is 9.85. The molecule has 0 bridgehead atoms. The number of amides is 1. The molecule has 25 heavy (non-hydrogen) atoms. The summed E-state index contributed by atoms with van der Waals surface area (Å²) in [6, 6.07) is 8.44. The molecule has 142 valence electrons. The van der Waals surface area contributed by atoms with Crippen LogP contribution < -0.4 is 10.2 Å². The standard InChI is InChI=1S/C19H29N3O.2ClH/c1-15(16-7-5-9-20-13-16)12-19(23)22-11-10-21(2)18-8-4-3-6-17(18)14-22;;/h3-4,6,8,15-16,20H,5,7,9-14H2,1-2H3;2*1H. The molecule has 1 fully saturated rings. The van der Waals surface area contributed by atoms with Crippen LogP contribution in [-0.4, -0.2) is 44.0 Å². The second kappa shape index (κ2) is 10.2. The van der Waals surface area contributed by atoms with Crippen LogP contribution in [0.2, 0.25) is 0 Å². The van der Waals surface area contributed by atoms with E-state index in [9.17, 15) is 4.79 Å². The van der Waals surface area contributed by atoms with E-state index in [2.05, 4.69) is 53.4 Å². The Hall–Kier alpha value is -0.970. The molecule has 4 nitrogen and oxygen atoms in total. The van der Waals surface area contributed by atoms with Crippen molar-refractivity contribution in [2.75, 3.05) is 38.1 Å². The Bertz CT molecular complexity index is 549. The van der Waals surface area contributed by atoms with Crippen LogP contribution in [0.5, 0.6) is 0 Å². The highest BCUT2D eigenvalue weighted by molar-refractivity contribution is 5.85. The van der Waals surface area contributed by atoms with Crippen molar-refractivity contribution in [1.29, 1.82) is 0 Å². The number of para-hydroxylation sites is 1. The van der Waals surface area contributed by atoms with Gasteiger partial charge in [0.05, 0.1) is 0 Å². The molecule has 2 aliphatic heterocycles. The van der Waals surface area contributed by atoms with Crippen molar-refractivity contribution in [3.8, 4) is 0 Å². The molecule has 1 aromatic rings. The van der Waals surface area contributed by atoms with Crippen molar-refractivity contribution in [1.82, 2.24) is 10.2 Å². The minimum absolute atomic E-state index is 0. The highest BCUT2D eigenvalue weighted by Gasteiger charge is 2.26. The molecule has 2 aliphatic rings. The fourth-order valence-electron chi connectivity index (χ4n) is 3.84. The Morgan fingerprint density at radius 3 is 2.76 bits per heavy atom. The Kier molecular flexibility index (Phi) is 9.04. The van der Waals surface area contributed by atoms with Crippen LogP contribution in [0.4, 0.5) is 5.69 Å². The number of fused-ring (bicyclic) bond motifs is 1. The largest absolute Gasteiger partial charge is 0.373 e. The molecular formula is C19H31Cl2N3O. The van der Waals surface area contributed by atoms with Crippen molar-refractivity contribution in [2.45, 2.75) is 32.7 Å². The van der Waals surface area contributed by atoms with Gasteiger partial charge in [-0.2, -0.15) is 0 Å². The molecule has 1 N–H and O–H groups in total. The van der Waals surface area contributed by atoms with Crippen LogP contribution in [-0.2, 0) is 11.3 Å². The minimum atomic E-state index is 0. The van der Waals surface area contributed by atoms with Gasteiger partial charge in [-0.25, -0.2) is 0 Å². The zero-order valence-electron chi connectivity index (χ0n) is 15.2. The van der Waals surface area contributed by atoms with Crippen molar-refractivity contribution in [2.24, 2.45) is 11.8 Å². The average Bonchev–Trinajstić information content (AvgIpc) is 2.75. The third-order valence-electron chi connectivity index (χ3n) is 5.46. The van der Waals surface area contributed by atoms with Crippen LogP contribution in [0, 0.1) is 11.8 Å². The molecule has 1 saturated heterocycles. The topological polar surface area (TPSA) is 35.6 Å². The summed E-state index contributed by atoms with van der Waals surface area (Å²) >= 11 is 0. The van der Waals surface area contributed by atoms with E-state index in [0.717, 1.165) is 32.7 Å². The first-order valence-electron chi connectivity index (χ1n) is 8.92. The molecule has 0 aliphatic carbocycles. The second-order valence-corrected chi connectivity index (χ2v) is 7.15. The highest BCUT2D eigenvalue weighted by Crippen LogP contribution is 2.26.